The summed E-state index contributed by atoms with van der Waals surface area (Å²) in [5.41, 5.74) is 2.09. The van der Waals surface area contributed by atoms with Gasteiger partial charge in [0.25, 0.3) is 0 Å². The van der Waals surface area contributed by atoms with Crippen molar-refractivity contribution in [2.24, 2.45) is 4.99 Å². The van der Waals surface area contributed by atoms with Crippen molar-refractivity contribution in [1.29, 1.82) is 0 Å². The molecule has 28 heavy (non-hydrogen) atoms. The van der Waals surface area contributed by atoms with Gasteiger partial charge < -0.3 is 15.0 Å². The van der Waals surface area contributed by atoms with Crippen molar-refractivity contribution in [3.8, 4) is 5.75 Å². The highest BCUT2D eigenvalue weighted by atomic mass is 16.5. The normalized spacial score (nSPS) is 11.6. The Hall–Kier alpha value is -3.09. The molecule has 7 nitrogen and oxygen atoms in total. The van der Waals surface area contributed by atoms with Crippen LogP contribution in [0.3, 0.4) is 0 Å². The molecule has 0 spiro atoms. The largest absolute Gasteiger partial charge is 0.492 e. The first-order valence-corrected chi connectivity index (χ1v) is 9.65. The molecule has 2 aromatic heterocycles. The lowest BCUT2D eigenvalue weighted by Crippen LogP contribution is -2.41. The second-order valence-corrected chi connectivity index (χ2v) is 6.61. The van der Waals surface area contributed by atoms with Crippen LogP contribution in [0.25, 0.3) is 5.65 Å². The number of nitrogens with zero attached hydrogens (tertiary/aromatic N) is 5. The second kappa shape index (κ2) is 9.73. The zero-order valence-corrected chi connectivity index (χ0v) is 16.8. The van der Waals surface area contributed by atoms with Crippen LogP contribution in [-0.2, 0) is 6.42 Å². The fourth-order valence-electron chi connectivity index (χ4n) is 2.83. The van der Waals surface area contributed by atoms with Gasteiger partial charge >= 0.3 is 0 Å². The van der Waals surface area contributed by atoms with Gasteiger partial charge in [0.1, 0.15) is 18.2 Å². The van der Waals surface area contributed by atoms with Gasteiger partial charge in [-0.05, 0) is 38.1 Å². The van der Waals surface area contributed by atoms with Crippen molar-refractivity contribution in [2.75, 3.05) is 33.3 Å². The number of likely N-dealkylation sites (N-methyl/N-ethyl adjacent to an activating group) is 1. The number of rotatable bonds is 8. The van der Waals surface area contributed by atoms with E-state index in [1.165, 1.54) is 5.56 Å². The van der Waals surface area contributed by atoms with Gasteiger partial charge in [-0.3, -0.25) is 9.39 Å². The number of aryl methyl sites for hydroxylation is 1. The maximum atomic E-state index is 5.83. The lowest BCUT2D eigenvalue weighted by molar-refractivity contribution is 0.281. The van der Waals surface area contributed by atoms with E-state index in [1.54, 1.807) is 0 Å². The number of hydrogen-bond donors (Lipinski definition) is 1. The van der Waals surface area contributed by atoms with E-state index in [2.05, 4.69) is 46.4 Å². The van der Waals surface area contributed by atoms with Crippen molar-refractivity contribution >= 4 is 11.6 Å². The number of pyridine rings is 1. The summed E-state index contributed by atoms with van der Waals surface area (Å²) in [5.74, 6) is 2.67. The summed E-state index contributed by atoms with van der Waals surface area (Å²) in [7, 11) is 2.02. The minimum atomic E-state index is 0.596. The Morgan fingerprint density at radius 2 is 2.00 bits per heavy atom. The van der Waals surface area contributed by atoms with E-state index in [9.17, 15) is 0 Å². The molecule has 3 rings (SSSR count). The fourth-order valence-corrected chi connectivity index (χ4v) is 2.83. The van der Waals surface area contributed by atoms with Crippen LogP contribution in [-0.4, -0.2) is 58.7 Å². The number of aliphatic imine (C=N–C) groups is 1. The molecule has 0 aliphatic carbocycles. The van der Waals surface area contributed by atoms with Gasteiger partial charge in [-0.1, -0.05) is 23.8 Å². The van der Waals surface area contributed by atoms with Crippen LogP contribution in [0.2, 0.25) is 0 Å². The van der Waals surface area contributed by atoms with Crippen molar-refractivity contribution in [1.82, 2.24) is 24.8 Å². The number of fused-ring (bicyclic) bond motifs is 1. The van der Waals surface area contributed by atoms with Crippen molar-refractivity contribution in [3.05, 3.63) is 60.0 Å². The molecule has 0 bridgehead atoms. The Bertz CT molecular complexity index is 903. The first-order chi connectivity index (χ1) is 13.7. The predicted molar refractivity (Wildman–Crippen MR) is 112 cm³/mol. The van der Waals surface area contributed by atoms with Gasteiger partial charge in [-0.15, -0.1) is 10.2 Å². The maximum absolute atomic E-state index is 5.83. The van der Waals surface area contributed by atoms with Gasteiger partial charge in [0.2, 0.25) is 0 Å². The van der Waals surface area contributed by atoms with E-state index in [-0.39, 0.29) is 0 Å². The minimum Gasteiger partial charge on any atom is -0.492 e. The van der Waals surface area contributed by atoms with Gasteiger partial charge in [0, 0.05) is 32.8 Å². The third-order valence-corrected chi connectivity index (χ3v) is 4.39. The van der Waals surface area contributed by atoms with Gasteiger partial charge in [-0.25, -0.2) is 0 Å². The quantitative estimate of drug-likeness (QED) is 0.481. The van der Waals surface area contributed by atoms with Crippen LogP contribution in [0.1, 0.15) is 18.3 Å². The summed E-state index contributed by atoms with van der Waals surface area (Å²) in [6, 6.07) is 14.0. The third kappa shape index (κ3) is 5.22. The Morgan fingerprint density at radius 3 is 2.79 bits per heavy atom. The first kappa shape index (κ1) is 19.7. The Labute approximate surface area is 166 Å². The molecule has 3 aromatic rings. The lowest BCUT2D eigenvalue weighted by Gasteiger charge is -2.22. The fraction of sp³-hybridized carbons (Fsp3) is 0.381. The van der Waals surface area contributed by atoms with Crippen molar-refractivity contribution in [3.63, 3.8) is 0 Å². The van der Waals surface area contributed by atoms with Gasteiger partial charge in [0.15, 0.2) is 11.6 Å². The zero-order chi connectivity index (χ0) is 19.8. The summed E-state index contributed by atoms with van der Waals surface area (Å²) in [6.45, 7) is 6.93. The summed E-state index contributed by atoms with van der Waals surface area (Å²) in [6.07, 6.45) is 2.71. The standard InChI is InChI=1S/C21H28N6O/c1-4-22-21(26(3)15-16-28-18-10-8-17(2)9-11-18)23-13-12-20-25-24-19-7-5-6-14-27(19)20/h5-11,14H,4,12-13,15-16H2,1-3H3,(H,22,23). The molecule has 0 atom stereocenters. The van der Waals surface area contributed by atoms with Crippen LogP contribution >= 0.6 is 0 Å². The molecule has 0 radical (unpaired) electrons. The molecule has 0 saturated carbocycles. The Morgan fingerprint density at radius 1 is 1.18 bits per heavy atom. The highest BCUT2D eigenvalue weighted by Gasteiger charge is 2.07. The van der Waals surface area contributed by atoms with Gasteiger partial charge in [0.05, 0.1) is 6.54 Å². The molecule has 0 amide bonds. The third-order valence-electron chi connectivity index (χ3n) is 4.39. The van der Waals surface area contributed by atoms with Crippen LogP contribution in [0, 0.1) is 6.92 Å². The van der Waals surface area contributed by atoms with Crippen LogP contribution < -0.4 is 10.1 Å². The molecule has 148 valence electrons. The van der Waals surface area contributed by atoms with E-state index in [0.29, 0.717) is 13.2 Å². The predicted octanol–water partition coefficient (Wildman–Crippen LogP) is 2.56. The van der Waals surface area contributed by atoms with E-state index in [4.69, 9.17) is 9.73 Å². The van der Waals surface area contributed by atoms with E-state index >= 15 is 0 Å². The molecule has 1 aromatic carbocycles. The molecular formula is C21H28N6O. The number of nitrogens with one attached hydrogen (secondary N) is 1. The lowest BCUT2D eigenvalue weighted by atomic mass is 10.2. The molecule has 0 aliphatic heterocycles. The van der Waals surface area contributed by atoms with Crippen LogP contribution in [0.15, 0.2) is 53.7 Å². The topological polar surface area (TPSA) is 67.0 Å². The molecule has 0 fully saturated rings. The summed E-state index contributed by atoms with van der Waals surface area (Å²) in [5, 5.41) is 11.8. The number of hydrogen-bond acceptors (Lipinski definition) is 4. The average molecular weight is 380 g/mol. The molecule has 2 heterocycles. The Kier molecular flexibility index (Phi) is 6.84. The Balaban J connectivity index is 1.53. The first-order valence-electron chi connectivity index (χ1n) is 9.65. The van der Waals surface area contributed by atoms with Crippen LogP contribution in [0.5, 0.6) is 5.75 Å². The minimum absolute atomic E-state index is 0.596. The summed E-state index contributed by atoms with van der Waals surface area (Å²) < 4.78 is 7.83. The number of aromatic nitrogens is 3. The summed E-state index contributed by atoms with van der Waals surface area (Å²) >= 11 is 0. The van der Waals surface area contributed by atoms with E-state index in [1.807, 2.05) is 48.0 Å². The summed E-state index contributed by atoms with van der Waals surface area (Å²) in [4.78, 5) is 6.81. The van der Waals surface area contributed by atoms with Crippen molar-refractivity contribution in [2.45, 2.75) is 20.3 Å². The average Bonchev–Trinajstić information content (AvgIpc) is 3.12. The number of benzene rings is 1. The smallest absolute Gasteiger partial charge is 0.193 e. The number of ether oxygens (including phenoxy) is 1. The van der Waals surface area contributed by atoms with E-state index in [0.717, 1.165) is 42.7 Å². The van der Waals surface area contributed by atoms with Crippen molar-refractivity contribution < 1.29 is 4.74 Å². The molecule has 0 aliphatic rings. The zero-order valence-electron chi connectivity index (χ0n) is 16.8. The second-order valence-electron chi connectivity index (χ2n) is 6.61. The maximum Gasteiger partial charge on any atom is 0.193 e. The highest BCUT2D eigenvalue weighted by Crippen LogP contribution is 2.11. The molecule has 0 saturated heterocycles. The number of guanidine groups is 1. The van der Waals surface area contributed by atoms with E-state index < -0.39 is 0 Å². The monoisotopic (exact) mass is 380 g/mol. The SMILES string of the molecule is CCNC(=NCCc1nnc2ccccn12)N(C)CCOc1ccc(C)cc1. The molecule has 0 unspecified atom stereocenters. The highest BCUT2D eigenvalue weighted by molar-refractivity contribution is 5.79. The molecular weight excluding hydrogens is 352 g/mol. The van der Waals surface area contributed by atoms with Gasteiger partial charge in [-0.2, -0.15) is 0 Å². The van der Waals surface area contributed by atoms with Crippen LogP contribution in [0.4, 0.5) is 0 Å². The molecule has 1 N–H and O–H groups in total. The molecule has 7 heteroatoms.